The van der Waals surface area contributed by atoms with Gasteiger partial charge in [0.25, 0.3) is 0 Å². The van der Waals surface area contributed by atoms with Crippen molar-refractivity contribution >= 4 is 0 Å². The summed E-state index contributed by atoms with van der Waals surface area (Å²) in [4.78, 5) is 0. The van der Waals surface area contributed by atoms with Crippen molar-refractivity contribution in [1.82, 2.24) is 0 Å². The van der Waals surface area contributed by atoms with Gasteiger partial charge in [-0.3, -0.25) is 0 Å². The second-order valence-electron chi connectivity index (χ2n) is 4.81. The van der Waals surface area contributed by atoms with E-state index < -0.39 is 0 Å². The maximum absolute atomic E-state index is 5.86. The predicted molar refractivity (Wildman–Crippen MR) is 81.2 cm³/mol. The Morgan fingerprint density at radius 2 is 1.80 bits per heavy atom. The third kappa shape index (κ3) is 4.00. The molecule has 1 atom stereocenters. The van der Waals surface area contributed by atoms with Gasteiger partial charge in [-0.1, -0.05) is 24.3 Å². The van der Waals surface area contributed by atoms with Gasteiger partial charge in [0.05, 0.1) is 13.7 Å². The smallest absolute Gasteiger partial charge is 0.119 e. The summed E-state index contributed by atoms with van der Waals surface area (Å²) < 4.78 is 10.9. The van der Waals surface area contributed by atoms with Crippen molar-refractivity contribution in [2.45, 2.75) is 19.4 Å². The molecule has 3 nitrogen and oxygen atoms in total. The zero-order valence-electron chi connectivity index (χ0n) is 12.0. The Kier molecular flexibility index (Phi) is 5.02. The van der Waals surface area contributed by atoms with Gasteiger partial charge in [0.2, 0.25) is 0 Å². The van der Waals surface area contributed by atoms with Gasteiger partial charge in [-0.2, -0.15) is 0 Å². The van der Waals surface area contributed by atoms with E-state index in [0.717, 1.165) is 23.5 Å². The Morgan fingerprint density at radius 3 is 2.45 bits per heavy atom. The maximum Gasteiger partial charge on any atom is 0.119 e. The normalized spacial score (nSPS) is 11.9. The molecule has 0 saturated carbocycles. The number of rotatable bonds is 6. The molecule has 0 aliphatic heterocycles. The molecule has 0 aromatic heterocycles. The van der Waals surface area contributed by atoms with Crippen molar-refractivity contribution in [2.75, 3.05) is 13.7 Å². The minimum absolute atomic E-state index is 0.0279. The molecule has 2 rings (SSSR count). The second kappa shape index (κ2) is 6.96. The van der Waals surface area contributed by atoms with Crippen LogP contribution in [0.15, 0.2) is 48.5 Å². The third-order valence-electron chi connectivity index (χ3n) is 3.20. The molecular weight excluding hydrogens is 250 g/mol. The maximum atomic E-state index is 5.86. The Bertz CT molecular complexity index is 535. The van der Waals surface area contributed by atoms with Gasteiger partial charge >= 0.3 is 0 Å². The summed E-state index contributed by atoms with van der Waals surface area (Å²) in [5.74, 6) is 1.74. The Balaban J connectivity index is 1.87. The average molecular weight is 271 g/mol. The highest BCUT2D eigenvalue weighted by Crippen LogP contribution is 2.18. The van der Waals surface area contributed by atoms with Gasteiger partial charge in [-0.05, 0) is 42.3 Å². The topological polar surface area (TPSA) is 44.5 Å². The molecule has 0 amide bonds. The van der Waals surface area contributed by atoms with E-state index in [4.69, 9.17) is 15.2 Å². The molecular formula is C17H21NO2. The summed E-state index contributed by atoms with van der Waals surface area (Å²) in [6.45, 7) is 2.62. The fraction of sp³-hybridized carbons (Fsp3) is 0.294. The molecule has 0 aliphatic rings. The number of benzene rings is 2. The summed E-state index contributed by atoms with van der Waals surface area (Å²) in [7, 11) is 1.67. The zero-order valence-corrected chi connectivity index (χ0v) is 12.0. The molecule has 0 unspecified atom stereocenters. The highest BCUT2D eigenvalue weighted by atomic mass is 16.5. The van der Waals surface area contributed by atoms with Crippen LogP contribution in [0.3, 0.4) is 0 Å². The highest BCUT2D eigenvalue weighted by molar-refractivity contribution is 5.30. The van der Waals surface area contributed by atoms with E-state index in [-0.39, 0.29) is 6.04 Å². The van der Waals surface area contributed by atoms with Crippen LogP contribution in [-0.4, -0.2) is 13.7 Å². The first-order valence-corrected chi connectivity index (χ1v) is 6.80. The van der Waals surface area contributed by atoms with E-state index in [0.29, 0.717) is 6.61 Å². The van der Waals surface area contributed by atoms with Gasteiger partial charge in [0, 0.05) is 12.5 Å². The molecule has 2 aromatic rings. The summed E-state index contributed by atoms with van der Waals surface area (Å²) in [5.41, 5.74) is 8.18. The molecule has 2 N–H and O–H groups in total. The van der Waals surface area contributed by atoms with Gasteiger partial charge in [-0.15, -0.1) is 0 Å². The first-order valence-electron chi connectivity index (χ1n) is 6.80. The first kappa shape index (κ1) is 14.4. The summed E-state index contributed by atoms with van der Waals surface area (Å²) in [5, 5.41) is 0. The summed E-state index contributed by atoms with van der Waals surface area (Å²) in [6.07, 6.45) is 0.867. The molecule has 3 heteroatoms. The molecule has 2 aromatic carbocycles. The molecule has 0 heterocycles. The average Bonchev–Trinajstić information content (AvgIpc) is 2.48. The van der Waals surface area contributed by atoms with E-state index in [9.17, 15) is 0 Å². The molecule has 0 fully saturated rings. The van der Waals surface area contributed by atoms with Crippen LogP contribution in [0, 0.1) is 0 Å². The van der Waals surface area contributed by atoms with Crippen molar-refractivity contribution in [2.24, 2.45) is 5.73 Å². The van der Waals surface area contributed by atoms with E-state index in [1.54, 1.807) is 7.11 Å². The van der Waals surface area contributed by atoms with Crippen LogP contribution in [0.2, 0.25) is 0 Å². The lowest BCUT2D eigenvalue weighted by molar-refractivity contribution is 0.321. The highest BCUT2D eigenvalue weighted by Gasteiger charge is 2.01. The fourth-order valence-corrected chi connectivity index (χ4v) is 1.97. The molecule has 106 valence electrons. The summed E-state index contributed by atoms with van der Waals surface area (Å²) >= 11 is 0. The molecule has 20 heavy (non-hydrogen) atoms. The van der Waals surface area contributed by atoms with Gasteiger partial charge in [-0.25, -0.2) is 0 Å². The van der Waals surface area contributed by atoms with Crippen molar-refractivity contribution in [3.63, 3.8) is 0 Å². The second-order valence-corrected chi connectivity index (χ2v) is 4.81. The minimum Gasteiger partial charge on any atom is -0.497 e. The van der Waals surface area contributed by atoms with Crippen LogP contribution in [0.25, 0.3) is 0 Å². The van der Waals surface area contributed by atoms with E-state index in [2.05, 4.69) is 12.1 Å². The largest absolute Gasteiger partial charge is 0.497 e. The van der Waals surface area contributed by atoms with Crippen molar-refractivity contribution < 1.29 is 9.47 Å². The number of nitrogens with two attached hydrogens (primary N) is 1. The fourth-order valence-electron chi connectivity index (χ4n) is 1.97. The SMILES string of the molecule is COc1ccc(CCOc2cccc([C@@H](C)N)c2)cc1. The Morgan fingerprint density at radius 1 is 1.05 bits per heavy atom. The zero-order chi connectivity index (χ0) is 14.4. The van der Waals surface area contributed by atoms with E-state index in [1.807, 2.05) is 43.3 Å². The van der Waals surface area contributed by atoms with Crippen molar-refractivity contribution in [1.29, 1.82) is 0 Å². The van der Waals surface area contributed by atoms with Gasteiger partial charge < -0.3 is 15.2 Å². The number of hydrogen-bond acceptors (Lipinski definition) is 3. The molecule has 0 radical (unpaired) electrons. The number of methoxy groups -OCH3 is 1. The van der Waals surface area contributed by atoms with Crippen LogP contribution in [0.4, 0.5) is 0 Å². The number of hydrogen-bond donors (Lipinski definition) is 1. The van der Waals surface area contributed by atoms with Crippen LogP contribution < -0.4 is 15.2 Å². The van der Waals surface area contributed by atoms with E-state index >= 15 is 0 Å². The minimum atomic E-state index is 0.0279. The van der Waals surface area contributed by atoms with Crippen LogP contribution in [0.1, 0.15) is 24.1 Å². The molecule has 0 aliphatic carbocycles. The van der Waals surface area contributed by atoms with Crippen LogP contribution in [0.5, 0.6) is 11.5 Å². The monoisotopic (exact) mass is 271 g/mol. The van der Waals surface area contributed by atoms with Crippen molar-refractivity contribution in [3.05, 3.63) is 59.7 Å². The molecule has 0 bridgehead atoms. The molecule has 0 saturated heterocycles. The van der Waals surface area contributed by atoms with Gasteiger partial charge in [0.15, 0.2) is 0 Å². The van der Waals surface area contributed by atoms with E-state index in [1.165, 1.54) is 5.56 Å². The summed E-state index contributed by atoms with van der Waals surface area (Å²) in [6, 6.07) is 16.0. The quantitative estimate of drug-likeness (QED) is 0.876. The van der Waals surface area contributed by atoms with Crippen LogP contribution in [-0.2, 0) is 6.42 Å². The lowest BCUT2D eigenvalue weighted by Crippen LogP contribution is -2.06. The van der Waals surface area contributed by atoms with Crippen molar-refractivity contribution in [3.8, 4) is 11.5 Å². The lowest BCUT2D eigenvalue weighted by Gasteiger charge is -2.10. The Hall–Kier alpha value is -2.00. The van der Waals surface area contributed by atoms with Gasteiger partial charge in [0.1, 0.15) is 11.5 Å². The predicted octanol–water partition coefficient (Wildman–Crippen LogP) is 3.34. The lowest BCUT2D eigenvalue weighted by atomic mass is 10.1. The molecule has 0 spiro atoms. The third-order valence-corrected chi connectivity index (χ3v) is 3.20. The van der Waals surface area contributed by atoms with Crippen LogP contribution >= 0.6 is 0 Å². The standard InChI is InChI=1S/C17H21NO2/c1-13(18)15-4-3-5-17(12-15)20-11-10-14-6-8-16(19-2)9-7-14/h3-9,12-13H,10-11,18H2,1-2H3/t13-/m1/s1. The Labute approximate surface area is 120 Å². The number of ether oxygens (including phenoxy) is 2. The first-order chi connectivity index (χ1) is 9.69.